The summed E-state index contributed by atoms with van der Waals surface area (Å²) in [6.45, 7) is 4.84. The van der Waals surface area contributed by atoms with Crippen molar-refractivity contribution in [1.29, 1.82) is 0 Å². The fourth-order valence-corrected chi connectivity index (χ4v) is 5.37. The van der Waals surface area contributed by atoms with Gasteiger partial charge in [0.15, 0.2) is 11.5 Å². The van der Waals surface area contributed by atoms with E-state index >= 15 is 0 Å². The minimum atomic E-state index is -3.68. The first-order valence-corrected chi connectivity index (χ1v) is 12.5. The number of methoxy groups -OCH3 is 2. The summed E-state index contributed by atoms with van der Waals surface area (Å²) in [5, 5.41) is 2.63. The van der Waals surface area contributed by atoms with Gasteiger partial charge >= 0.3 is 0 Å². The van der Waals surface area contributed by atoms with Crippen molar-refractivity contribution in [3.8, 4) is 17.2 Å². The quantitative estimate of drug-likeness (QED) is 0.403. The minimum absolute atomic E-state index is 0.162. The van der Waals surface area contributed by atoms with E-state index < -0.39 is 10.0 Å². The Morgan fingerprint density at radius 2 is 1.69 bits per heavy atom. The van der Waals surface area contributed by atoms with Crippen LogP contribution in [0.3, 0.4) is 0 Å². The van der Waals surface area contributed by atoms with Gasteiger partial charge in [0.2, 0.25) is 10.0 Å². The summed E-state index contributed by atoms with van der Waals surface area (Å²) >= 11 is 1.44. The molecular weight excluding hydrogens is 448 g/mol. The smallest absolute Gasteiger partial charge is 0.243 e. The molecule has 0 N–H and O–H groups in total. The van der Waals surface area contributed by atoms with Gasteiger partial charge < -0.3 is 14.2 Å². The van der Waals surface area contributed by atoms with Crippen molar-refractivity contribution in [1.82, 2.24) is 9.29 Å². The van der Waals surface area contributed by atoms with Gasteiger partial charge in [-0.2, -0.15) is 4.31 Å². The molecule has 0 unspecified atom stereocenters. The highest BCUT2D eigenvalue weighted by molar-refractivity contribution is 7.89. The number of sulfonamides is 1. The molecule has 0 aliphatic rings. The Balaban J connectivity index is 1.74. The maximum Gasteiger partial charge on any atom is 0.243 e. The van der Waals surface area contributed by atoms with Crippen molar-refractivity contribution in [3.63, 3.8) is 0 Å². The van der Waals surface area contributed by atoms with Crippen LogP contribution >= 0.6 is 11.3 Å². The van der Waals surface area contributed by atoms with E-state index in [1.165, 1.54) is 15.6 Å². The van der Waals surface area contributed by atoms with E-state index in [4.69, 9.17) is 14.2 Å². The molecule has 1 heterocycles. The first-order chi connectivity index (χ1) is 15.3. The number of para-hydroxylation sites is 2. The molecule has 0 aliphatic heterocycles. The molecular formula is C23H28N2O5S2. The third-order valence-electron chi connectivity index (χ3n) is 4.62. The molecule has 0 atom stereocenters. The molecule has 3 aromatic rings. The summed E-state index contributed by atoms with van der Waals surface area (Å²) in [6, 6.07) is 13.8. The second-order valence-corrected chi connectivity index (χ2v) is 10.4. The highest BCUT2D eigenvalue weighted by atomic mass is 32.2. The van der Waals surface area contributed by atoms with Crippen molar-refractivity contribution >= 4 is 21.4 Å². The lowest BCUT2D eigenvalue weighted by Crippen LogP contribution is -2.34. The Bertz CT molecular complexity index is 1110. The highest BCUT2D eigenvalue weighted by Crippen LogP contribution is 2.27. The first-order valence-electron chi connectivity index (χ1n) is 10.2. The van der Waals surface area contributed by atoms with Crippen LogP contribution in [-0.2, 0) is 23.2 Å². The van der Waals surface area contributed by atoms with Crippen LogP contribution in [-0.4, -0.2) is 38.5 Å². The van der Waals surface area contributed by atoms with E-state index in [0.717, 1.165) is 5.01 Å². The number of rotatable bonds is 11. The van der Waals surface area contributed by atoms with E-state index in [0.29, 0.717) is 29.5 Å². The standard InChI is InChI=1S/C23H28N2O5S2/c1-17(2)13-25(32(26,27)20-11-9-19(28-3)10-12-20)14-18-16-31-23(24-18)15-30-22-8-6-5-7-21(22)29-4/h5-12,16-17H,13-15H2,1-4H3. The molecule has 3 rings (SSSR count). The van der Waals surface area contributed by atoms with Gasteiger partial charge in [0.05, 0.1) is 31.4 Å². The Morgan fingerprint density at radius 3 is 2.31 bits per heavy atom. The summed E-state index contributed by atoms with van der Waals surface area (Å²) in [6.07, 6.45) is 0. The zero-order valence-corrected chi connectivity index (χ0v) is 20.3. The molecule has 0 spiro atoms. The molecule has 172 valence electrons. The molecule has 0 saturated carbocycles. The SMILES string of the molecule is COc1ccc(S(=O)(=O)N(Cc2csc(COc3ccccc3OC)n2)CC(C)C)cc1. The lowest BCUT2D eigenvalue weighted by Gasteiger charge is -2.23. The van der Waals surface area contributed by atoms with Crippen LogP contribution in [0.15, 0.2) is 58.8 Å². The predicted octanol–water partition coefficient (Wildman–Crippen LogP) is 4.59. The predicted molar refractivity (Wildman–Crippen MR) is 125 cm³/mol. The molecule has 0 aliphatic carbocycles. The van der Waals surface area contributed by atoms with E-state index in [1.807, 2.05) is 43.5 Å². The molecule has 9 heteroatoms. The van der Waals surface area contributed by atoms with Crippen LogP contribution in [0, 0.1) is 5.92 Å². The van der Waals surface area contributed by atoms with Gasteiger partial charge in [-0.05, 0) is 42.3 Å². The van der Waals surface area contributed by atoms with Gasteiger partial charge in [-0.3, -0.25) is 0 Å². The van der Waals surface area contributed by atoms with Crippen LogP contribution in [0.25, 0.3) is 0 Å². The topological polar surface area (TPSA) is 78.0 Å². The molecule has 0 bridgehead atoms. The first kappa shape index (κ1) is 24.0. The molecule has 2 aromatic carbocycles. The summed E-state index contributed by atoms with van der Waals surface area (Å²) in [7, 11) is -0.539. The molecule has 32 heavy (non-hydrogen) atoms. The fraction of sp³-hybridized carbons (Fsp3) is 0.348. The normalized spacial score (nSPS) is 11.7. The Kier molecular flexibility index (Phi) is 8.11. The van der Waals surface area contributed by atoms with Gasteiger partial charge in [0, 0.05) is 11.9 Å². The van der Waals surface area contributed by atoms with Gasteiger partial charge in [0.25, 0.3) is 0 Å². The maximum absolute atomic E-state index is 13.3. The van der Waals surface area contributed by atoms with E-state index in [9.17, 15) is 8.42 Å². The summed E-state index contributed by atoms with van der Waals surface area (Å²) < 4.78 is 44.3. The molecule has 0 fully saturated rings. The number of nitrogens with zero attached hydrogens (tertiary/aromatic N) is 2. The number of benzene rings is 2. The number of ether oxygens (including phenoxy) is 3. The van der Waals surface area contributed by atoms with Crippen LogP contribution in [0.4, 0.5) is 0 Å². The van der Waals surface area contributed by atoms with Crippen molar-refractivity contribution in [2.45, 2.75) is 31.9 Å². The Hall–Kier alpha value is -2.62. The lowest BCUT2D eigenvalue weighted by molar-refractivity contribution is 0.283. The van der Waals surface area contributed by atoms with Crippen LogP contribution in [0.5, 0.6) is 17.2 Å². The van der Waals surface area contributed by atoms with Gasteiger partial charge in [-0.15, -0.1) is 11.3 Å². The van der Waals surface area contributed by atoms with E-state index in [2.05, 4.69) is 4.98 Å². The van der Waals surface area contributed by atoms with Crippen molar-refractivity contribution in [3.05, 3.63) is 64.6 Å². The Morgan fingerprint density at radius 1 is 1.00 bits per heavy atom. The number of hydrogen-bond donors (Lipinski definition) is 0. The van der Waals surface area contributed by atoms with Crippen LogP contribution in [0.1, 0.15) is 24.5 Å². The van der Waals surface area contributed by atoms with Gasteiger partial charge in [-0.1, -0.05) is 26.0 Å². The average Bonchev–Trinajstić information content (AvgIpc) is 3.24. The van der Waals surface area contributed by atoms with Crippen molar-refractivity contribution in [2.75, 3.05) is 20.8 Å². The van der Waals surface area contributed by atoms with Gasteiger partial charge in [0.1, 0.15) is 17.4 Å². The van der Waals surface area contributed by atoms with Crippen LogP contribution in [0.2, 0.25) is 0 Å². The minimum Gasteiger partial charge on any atom is -0.497 e. The summed E-state index contributed by atoms with van der Waals surface area (Å²) in [4.78, 5) is 4.82. The third kappa shape index (κ3) is 5.99. The molecule has 0 saturated heterocycles. The lowest BCUT2D eigenvalue weighted by atomic mass is 10.2. The number of aromatic nitrogens is 1. The van der Waals surface area contributed by atoms with Crippen LogP contribution < -0.4 is 14.2 Å². The molecule has 0 radical (unpaired) electrons. The summed E-state index contributed by atoms with van der Waals surface area (Å²) in [5.41, 5.74) is 0.686. The maximum atomic E-state index is 13.3. The van der Waals surface area contributed by atoms with Crippen molar-refractivity contribution in [2.24, 2.45) is 5.92 Å². The molecule has 0 amide bonds. The number of thiazole rings is 1. The highest BCUT2D eigenvalue weighted by Gasteiger charge is 2.26. The van der Waals surface area contributed by atoms with Gasteiger partial charge in [-0.25, -0.2) is 13.4 Å². The average molecular weight is 477 g/mol. The molecule has 7 nitrogen and oxygen atoms in total. The second-order valence-electron chi connectivity index (χ2n) is 7.54. The zero-order chi connectivity index (χ0) is 23.1. The summed E-state index contributed by atoms with van der Waals surface area (Å²) in [5.74, 6) is 2.06. The fourth-order valence-electron chi connectivity index (χ4n) is 3.10. The largest absolute Gasteiger partial charge is 0.497 e. The van der Waals surface area contributed by atoms with E-state index in [-0.39, 0.29) is 24.0 Å². The molecule has 1 aromatic heterocycles. The number of hydrogen-bond acceptors (Lipinski definition) is 7. The third-order valence-corrected chi connectivity index (χ3v) is 7.32. The van der Waals surface area contributed by atoms with E-state index in [1.54, 1.807) is 38.5 Å². The monoisotopic (exact) mass is 476 g/mol. The second kappa shape index (κ2) is 10.8. The van der Waals surface area contributed by atoms with Crippen molar-refractivity contribution < 1.29 is 22.6 Å². The Labute approximate surface area is 193 Å². The zero-order valence-electron chi connectivity index (χ0n) is 18.6.